The molecule has 28 heavy (non-hydrogen) atoms. The van der Waals surface area contributed by atoms with Crippen molar-refractivity contribution in [1.29, 1.82) is 0 Å². The van der Waals surface area contributed by atoms with Crippen LogP contribution >= 0.6 is 0 Å². The van der Waals surface area contributed by atoms with Gasteiger partial charge in [-0.2, -0.15) is 0 Å². The fraction of sp³-hybridized carbons (Fsp3) is 0.636. The zero-order chi connectivity index (χ0) is 20.4. The molecule has 156 valence electrons. The maximum atomic E-state index is 12.3. The van der Waals surface area contributed by atoms with E-state index >= 15 is 0 Å². The highest BCUT2D eigenvalue weighted by atomic mass is 16.7. The van der Waals surface area contributed by atoms with E-state index < -0.39 is 17.7 Å². The summed E-state index contributed by atoms with van der Waals surface area (Å²) in [5.74, 6) is -0.742. The van der Waals surface area contributed by atoms with Crippen LogP contribution in [0.4, 0.5) is 0 Å². The molecule has 1 aromatic carbocycles. The van der Waals surface area contributed by atoms with Crippen molar-refractivity contribution in [3.63, 3.8) is 0 Å². The number of hydrogen-bond acceptors (Lipinski definition) is 6. The fourth-order valence-electron chi connectivity index (χ4n) is 2.93. The van der Waals surface area contributed by atoms with Crippen molar-refractivity contribution in [3.8, 4) is 0 Å². The maximum absolute atomic E-state index is 12.3. The van der Waals surface area contributed by atoms with Crippen LogP contribution in [0.25, 0.3) is 0 Å². The first kappa shape index (κ1) is 22.5. The minimum atomic E-state index is -0.609. The first-order valence-electron chi connectivity index (χ1n) is 9.94. The Balaban J connectivity index is 1.85. The average Bonchev–Trinajstić information content (AvgIpc) is 2.61. The minimum absolute atomic E-state index is 0.0912. The lowest BCUT2D eigenvalue weighted by Crippen LogP contribution is -2.33. The van der Waals surface area contributed by atoms with E-state index in [-0.39, 0.29) is 31.5 Å². The van der Waals surface area contributed by atoms with Crippen LogP contribution in [0.5, 0.6) is 0 Å². The van der Waals surface area contributed by atoms with Crippen LogP contribution in [0.15, 0.2) is 30.3 Å². The van der Waals surface area contributed by atoms with Crippen molar-refractivity contribution in [2.45, 2.75) is 77.5 Å². The van der Waals surface area contributed by atoms with E-state index in [1.165, 1.54) is 0 Å². The quantitative estimate of drug-likeness (QED) is 0.445. The van der Waals surface area contributed by atoms with Gasteiger partial charge < -0.3 is 18.9 Å². The summed E-state index contributed by atoms with van der Waals surface area (Å²) in [5.41, 5.74) is 0.442. The van der Waals surface area contributed by atoms with Crippen LogP contribution < -0.4 is 0 Å². The van der Waals surface area contributed by atoms with Crippen LogP contribution in [0, 0.1) is 0 Å². The Labute approximate surface area is 167 Å². The first-order chi connectivity index (χ1) is 13.3. The smallest absolute Gasteiger partial charge is 0.313 e. The van der Waals surface area contributed by atoms with E-state index in [1.807, 2.05) is 30.3 Å². The van der Waals surface area contributed by atoms with Gasteiger partial charge >= 0.3 is 5.97 Å². The molecule has 0 bridgehead atoms. The van der Waals surface area contributed by atoms with Gasteiger partial charge in [0.05, 0.1) is 19.3 Å². The molecule has 6 heteroatoms. The van der Waals surface area contributed by atoms with Gasteiger partial charge in [0.15, 0.2) is 6.29 Å². The van der Waals surface area contributed by atoms with Crippen molar-refractivity contribution < 1.29 is 28.5 Å². The first-order valence-corrected chi connectivity index (χ1v) is 9.94. The minimum Gasteiger partial charge on any atom is -0.460 e. The fourth-order valence-corrected chi connectivity index (χ4v) is 2.93. The summed E-state index contributed by atoms with van der Waals surface area (Å²) in [5, 5.41) is 0. The number of ether oxygens (including phenoxy) is 4. The monoisotopic (exact) mass is 392 g/mol. The van der Waals surface area contributed by atoms with E-state index in [9.17, 15) is 9.59 Å². The van der Waals surface area contributed by atoms with Gasteiger partial charge in [-0.1, -0.05) is 30.3 Å². The molecule has 0 spiro atoms. The predicted octanol–water partition coefficient (Wildman–Crippen LogP) is 3.81. The van der Waals surface area contributed by atoms with Crippen LogP contribution in [-0.2, 0) is 35.1 Å². The van der Waals surface area contributed by atoms with E-state index in [1.54, 1.807) is 20.8 Å². The lowest BCUT2D eigenvalue weighted by atomic mass is 10.1. The molecular weight excluding hydrogens is 360 g/mol. The SMILES string of the molecule is CC(C)(C)OC(=O)CC(=O)C[C@@H](COCc1ccccc1)O[C@H]1CCCCO1. The Morgan fingerprint density at radius 2 is 1.93 bits per heavy atom. The molecule has 0 aromatic heterocycles. The van der Waals surface area contributed by atoms with Gasteiger partial charge in [0.1, 0.15) is 17.8 Å². The van der Waals surface area contributed by atoms with Crippen LogP contribution in [0.1, 0.15) is 58.4 Å². The van der Waals surface area contributed by atoms with E-state index in [2.05, 4.69) is 0 Å². The topological polar surface area (TPSA) is 71.1 Å². The van der Waals surface area contributed by atoms with E-state index in [0.29, 0.717) is 13.2 Å². The molecule has 0 unspecified atom stereocenters. The Hall–Kier alpha value is -1.76. The highest BCUT2D eigenvalue weighted by molar-refractivity contribution is 5.95. The normalized spacial score (nSPS) is 18.5. The Bertz CT molecular complexity index is 601. The molecule has 0 saturated carbocycles. The molecule has 0 amide bonds. The van der Waals surface area contributed by atoms with Crippen LogP contribution in [0.3, 0.4) is 0 Å². The largest absolute Gasteiger partial charge is 0.460 e. The highest BCUT2D eigenvalue weighted by Gasteiger charge is 2.25. The molecule has 0 radical (unpaired) electrons. The van der Waals surface area contributed by atoms with E-state index in [4.69, 9.17) is 18.9 Å². The second kappa shape index (κ2) is 11.3. The second-order valence-corrected chi connectivity index (χ2v) is 8.06. The number of rotatable bonds is 10. The maximum Gasteiger partial charge on any atom is 0.313 e. The summed E-state index contributed by atoms with van der Waals surface area (Å²) >= 11 is 0. The van der Waals surface area contributed by atoms with Crippen molar-refractivity contribution in [3.05, 3.63) is 35.9 Å². The van der Waals surface area contributed by atoms with Crippen molar-refractivity contribution >= 4 is 11.8 Å². The van der Waals surface area contributed by atoms with Crippen molar-refractivity contribution in [1.82, 2.24) is 0 Å². The lowest BCUT2D eigenvalue weighted by molar-refractivity contribution is -0.199. The lowest BCUT2D eigenvalue weighted by Gasteiger charge is -2.27. The van der Waals surface area contributed by atoms with Crippen LogP contribution in [-0.4, -0.2) is 43.0 Å². The summed E-state index contributed by atoms with van der Waals surface area (Å²) < 4.78 is 22.6. The number of benzene rings is 1. The zero-order valence-corrected chi connectivity index (χ0v) is 17.1. The zero-order valence-electron chi connectivity index (χ0n) is 17.1. The van der Waals surface area contributed by atoms with Crippen LogP contribution in [0.2, 0.25) is 0 Å². The molecule has 2 rings (SSSR count). The number of carbonyl (C=O) groups excluding carboxylic acids is 2. The molecule has 1 saturated heterocycles. The molecule has 1 heterocycles. The van der Waals surface area contributed by atoms with Gasteiger partial charge in [-0.25, -0.2) is 0 Å². The molecule has 1 aliphatic heterocycles. The standard InChI is InChI=1S/C22H32O6/c1-22(2,3)28-20(24)14-18(23)13-19(27-21-11-7-8-12-26-21)16-25-15-17-9-5-4-6-10-17/h4-6,9-10,19,21H,7-8,11-16H2,1-3H3/t19-,21-/m0/s1. The molecule has 2 atom stereocenters. The molecule has 1 aromatic rings. The number of hydrogen-bond donors (Lipinski definition) is 0. The number of Topliss-reactive ketones (excluding diaryl/α,β-unsaturated/α-hetero) is 1. The predicted molar refractivity (Wildman–Crippen MR) is 105 cm³/mol. The average molecular weight is 392 g/mol. The van der Waals surface area contributed by atoms with Gasteiger partial charge in [-0.15, -0.1) is 0 Å². The van der Waals surface area contributed by atoms with Gasteiger partial charge in [0.25, 0.3) is 0 Å². The summed E-state index contributed by atoms with van der Waals surface area (Å²) in [6, 6.07) is 9.81. The summed E-state index contributed by atoms with van der Waals surface area (Å²) in [7, 11) is 0. The third-order valence-electron chi connectivity index (χ3n) is 4.11. The summed E-state index contributed by atoms with van der Waals surface area (Å²) in [4.78, 5) is 24.2. The molecule has 0 N–H and O–H groups in total. The van der Waals surface area contributed by atoms with E-state index in [0.717, 1.165) is 24.8 Å². The second-order valence-electron chi connectivity index (χ2n) is 8.06. The number of esters is 1. The Kier molecular flexibility index (Phi) is 9.09. The Morgan fingerprint density at radius 3 is 2.57 bits per heavy atom. The van der Waals surface area contributed by atoms with Gasteiger partial charge in [0, 0.05) is 13.0 Å². The summed E-state index contributed by atoms with van der Waals surface area (Å²) in [6.45, 7) is 6.69. The van der Waals surface area contributed by atoms with Crippen molar-refractivity contribution in [2.24, 2.45) is 0 Å². The third kappa shape index (κ3) is 9.44. The summed E-state index contributed by atoms with van der Waals surface area (Å²) in [6.07, 6.45) is 1.90. The Morgan fingerprint density at radius 1 is 1.18 bits per heavy atom. The van der Waals surface area contributed by atoms with Gasteiger partial charge in [0.2, 0.25) is 0 Å². The molecule has 1 aliphatic rings. The highest BCUT2D eigenvalue weighted by Crippen LogP contribution is 2.18. The molecule has 1 fully saturated rings. The van der Waals surface area contributed by atoms with Gasteiger partial charge in [-0.3, -0.25) is 9.59 Å². The van der Waals surface area contributed by atoms with Gasteiger partial charge in [-0.05, 0) is 45.6 Å². The number of ketones is 1. The number of carbonyl (C=O) groups is 2. The molecule has 0 aliphatic carbocycles. The molecule has 6 nitrogen and oxygen atoms in total. The molecular formula is C22H32O6. The third-order valence-corrected chi connectivity index (χ3v) is 4.11. The van der Waals surface area contributed by atoms with Crippen molar-refractivity contribution in [2.75, 3.05) is 13.2 Å².